The van der Waals surface area contributed by atoms with E-state index in [1.807, 2.05) is 24.3 Å². The Morgan fingerprint density at radius 2 is 2.19 bits per heavy atom. The summed E-state index contributed by atoms with van der Waals surface area (Å²) in [6.45, 7) is 2.07. The molecule has 0 aliphatic rings. The largest absolute Gasteiger partial charge is 0.462 e. The van der Waals surface area contributed by atoms with Crippen LogP contribution in [0.4, 0.5) is 0 Å². The topological polar surface area (TPSA) is 39.2 Å². The van der Waals surface area contributed by atoms with Crippen molar-refractivity contribution in [1.82, 2.24) is 4.98 Å². The van der Waals surface area contributed by atoms with Crippen molar-refractivity contribution in [2.75, 3.05) is 6.61 Å². The number of pyridine rings is 1. The number of carbonyl (C=O) groups excluding carboxylic acids is 1. The van der Waals surface area contributed by atoms with Crippen molar-refractivity contribution < 1.29 is 9.53 Å². The van der Waals surface area contributed by atoms with E-state index >= 15 is 0 Å². The quantitative estimate of drug-likeness (QED) is 0.593. The molecule has 0 atom stereocenters. The number of rotatable bonds is 2. The molecule has 0 bridgehead atoms. The van der Waals surface area contributed by atoms with E-state index in [0.29, 0.717) is 12.2 Å². The van der Waals surface area contributed by atoms with Crippen molar-refractivity contribution in [3.05, 3.63) is 41.2 Å². The average Bonchev–Trinajstić information content (AvgIpc) is 2.29. The minimum Gasteiger partial charge on any atom is -0.462 e. The maximum atomic E-state index is 11.7. The average molecular weight is 236 g/mol. The maximum Gasteiger partial charge on any atom is 0.341 e. The predicted octanol–water partition coefficient (Wildman–Crippen LogP) is 3.06. The van der Waals surface area contributed by atoms with Gasteiger partial charge in [-0.15, -0.1) is 0 Å². The third-order valence-corrected chi connectivity index (χ3v) is 2.52. The van der Waals surface area contributed by atoms with Crippen LogP contribution in [0.1, 0.15) is 17.3 Å². The molecule has 82 valence electrons. The van der Waals surface area contributed by atoms with E-state index in [-0.39, 0.29) is 5.15 Å². The van der Waals surface area contributed by atoms with Gasteiger partial charge in [-0.2, -0.15) is 0 Å². The first-order valence-corrected chi connectivity index (χ1v) is 5.32. The first-order chi connectivity index (χ1) is 7.74. The number of esters is 1. The summed E-state index contributed by atoms with van der Waals surface area (Å²) in [7, 11) is 0. The minimum atomic E-state index is -0.434. The lowest BCUT2D eigenvalue weighted by Gasteiger charge is -2.06. The highest BCUT2D eigenvalue weighted by molar-refractivity contribution is 6.34. The lowest BCUT2D eigenvalue weighted by Crippen LogP contribution is -2.07. The standard InChI is InChI=1S/C12H10ClNO2/c1-2-16-12(15)10-9-6-4-3-5-8(9)7-14-11(10)13/h3-7H,2H2,1H3. The number of nitrogens with zero attached hydrogens (tertiary/aromatic N) is 1. The Hall–Kier alpha value is -1.61. The van der Waals surface area contributed by atoms with Crippen LogP contribution < -0.4 is 0 Å². The van der Waals surface area contributed by atoms with Crippen molar-refractivity contribution in [2.45, 2.75) is 6.92 Å². The Bertz CT molecular complexity index is 540. The maximum absolute atomic E-state index is 11.7. The molecule has 4 heteroatoms. The zero-order valence-electron chi connectivity index (χ0n) is 8.74. The molecule has 0 aliphatic carbocycles. The van der Waals surface area contributed by atoms with Gasteiger partial charge in [-0.1, -0.05) is 35.9 Å². The summed E-state index contributed by atoms with van der Waals surface area (Å²) < 4.78 is 4.95. The summed E-state index contributed by atoms with van der Waals surface area (Å²) in [6, 6.07) is 7.44. The lowest BCUT2D eigenvalue weighted by atomic mass is 10.1. The summed E-state index contributed by atoms with van der Waals surface area (Å²) in [5.41, 5.74) is 0.335. The summed E-state index contributed by atoms with van der Waals surface area (Å²) >= 11 is 5.92. The number of halogens is 1. The zero-order chi connectivity index (χ0) is 11.5. The van der Waals surface area contributed by atoms with Gasteiger partial charge in [-0.05, 0) is 6.92 Å². The van der Waals surface area contributed by atoms with E-state index in [4.69, 9.17) is 16.3 Å². The smallest absolute Gasteiger partial charge is 0.341 e. The van der Waals surface area contributed by atoms with Crippen LogP contribution in [0, 0.1) is 0 Å². The fourth-order valence-corrected chi connectivity index (χ4v) is 1.76. The molecule has 1 heterocycles. The first-order valence-electron chi connectivity index (χ1n) is 4.94. The second kappa shape index (κ2) is 4.49. The van der Waals surface area contributed by atoms with Crippen molar-refractivity contribution in [3.8, 4) is 0 Å². The van der Waals surface area contributed by atoms with E-state index in [0.717, 1.165) is 10.8 Å². The normalized spacial score (nSPS) is 10.4. The number of hydrogen-bond donors (Lipinski definition) is 0. The fraction of sp³-hybridized carbons (Fsp3) is 0.167. The summed E-state index contributed by atoms with van der Waals surface area (Å²) in [6.07, 6.45) is 1.64. The molecule has 0 N–H and O–H groups in total. The van der Waals surface area contributed by atoms with Gasteiger partial charge in [-0.25, -0.2) is 9.78 Å². The molecule has 0 saturated carbocycles. The zero-order valence-corrected chi connectivity index (χ0v) is 9.49. The highest BCUT2D eigenvalue weighted by Gasteiger charge is 2.16. The van der Waals surface area contributed by atoms with Crippen LogP contribution >= 0.6 is 11.6 Å². The summed E-state index contributed by atoms with van der Waals surface area (Å²) in [4.78, 5) is 15.7. The molecule has 3 nitrogen and oxygen atoms in total. The van der Waals surface area contributed by atoms with Crippen LogP contribution in [0.25, 0.3) is 10.8 Å². The Morgan fingerprint density at radius 1 is 1.44 bits per heavy atom. The van der Waals surface area contributed by atoms with Gasteiger partial charge in [-0.3, -0.25) is 0 Å². The van der Waals surface area contributed by atoms with E-state index in [1.54, 1.807) is 13.1 Å². The second-order valence-electron chi connectivity index (χ2n) is 3.23. The number of ether oxygens (including phenoxy) is 1. The molecular weight excluding hydrogens is 226 g/mol. The molecule has 0 spiro atoms. The van der Waals surface area contributed by atoms with Gasteiger partial charge < -0.3 is 4.74 Å². The van der Waals surface area contributed by atoms with Crippen molar-refractivity contribution in [2.24, 2.45) is 0 Å². The molecule has 0 saturated heterocycles. The second-order valence-corrected chi connectivity index (χ2v) is 3.59. The van der Waals surface area contributed by atoms with Gasteiger partial charge in [0.15, 0.2) is 0 Å². The van der Waals surface area contributed by atoms with Crippen LogP contribution in [0.3, 0.4) is 0 Å². The molecule has 0 aliphatic heterocycles. The molecule has 1 aromatic heterocycles. The molecule has 2 aromatic rings. The Balaban J connectivity index is 2.66. The summed E-state index contributed by atoms with van der Waals surface area (Å²) in [5, 5.41) is 1.81. The first kappa shape index (κ1) is 10.9. The number of carbonyl (C=O) groups is 1. The molecule has 2 rings (SSSR count). The molecule has 16 heavy (non-hydrogen) atoms. The fourth-order valence-electron chi connectivity index (χ4n) is 1.54. The van der Waals surface area contributed by atoms with E-state index < -0.39 is 5.97 Å². The summed E-state index contributed by atoms with van der Waals surface area (Å²) in [5.74, 6) is -0.434. The van der Waals surface area contributed by atoms with E-state index in [2.05, 4.69) is 4.98 Å². The molecule has 0 radical (unpaired) electrons. The van der Waals surface area contributed by atoms with Crippen molar-refractivity contribution in [3.63, 3.8) is 0 Å². The van der Waals surface area contributed by atoms with Gasteiger partial charge in [0.25, 0.3) is 0 Å². The molecule has 0 amide bonds. The highest BCUT2D eigenvalue weighted by atomic mass is 35.5. The van der Waals surface area contributed by atoms with Gasteiger partial charge in [0.2, 0.25) is 0 Å². The monoisotopic (exact) mass is 235 g/mol. The SMILES string of the molecule is CCOC(=O)c1c(Cl)ncc2ccccc12. The van der Waals surface area contributed by atoms with Gasteiger partial charge in [0.05, 0.1) is 6.61 Å². The van der Waals surface area contributed by atoms with Crippen LogP contribution in [-0.2, 0) is 4.74 Å². The third-order valence-electron chi connectivity index (χ3n) is 2.23. The van der Waals surface area contributed by atoms with Gasteiger partial charge >= 0.3 is 5.97 Å². The Morgan fingerprint density at radius 3 is 2.94 bits per heavy atom. The molecule has 0 unspecified atom stereocenters. The molecular formula is C12H10ClNO2. The minimum absolute atomic E-state index is 0.178. The highest BCUT2D eigenvalue weighted by Crippen LogP contribution is 2.24. The van der Waals surface area contributed by atoms with Crippen LogP contribution in [0.2, 0.25) is 5.15 Å². The predicted molar refractivity (Wildman–Crippen MR) is 62.7 cm³/mol. The van der Waals surface area contributed by atoms with Gasteiger partial charge in [0.1, 0.15) is 10.7 Å². The number of hydrogen-bond acceptors (Lipinski definition) is 3. The Kier molecular flexibility index (Phi) is 3.06. The molecule has 0 fully saturated rings. The number of benzene rings is 1. The lowest BCUT2D eigenvalue weighted by molar-refractivity contribution is 0.0528. The number of aromatic nitrogens is 1. The number of fused-ring (bicyclic) bond motifs is 1. The van der Waals surface area contributed by atoms with Crippen LogP contribution in [0.15, 0.2) is 30.5 Å². The third kappa shape index (κ3) is 1.86. The van der Waals surface area contributed by atoms with Crippen LogP contribution in [-0.4, -0.2) is 17.6 Å². The van der Waals surface area contributed by atoms with Gasteiger partial charge in [0, 0.05) is 17.0 Å². The molecule has 1 aromatic carbocycles. The van der Waals surface area contributed by atoms with E-state index in [1.165, 1.54) is 0 Å². The van der Waals surface area contributed by atoms with Crippen LogP contribution in [0.5, 0.6) is 0 Å². The van der Waals surface area contributed by atoms with Crippen molar-refractivity contribution >= 4 is 28.3 Å². The van der Waals surface area contributed by atoms with E-state index in [9.17, 15) is 4.79 Å². The van der Waals surface area contributed by atoms with Crippen molar-refractivity contribution in [1.29, 1.82) is 0 Å². The Labute approximate surface area is 98.0 Å².